The van der Waals surface area contributed by atoms with E-state index >= 15 is 0 Å². The Labute approximate surface area is 77.8 Å². The van der Waals surface area contributed by atoms with Crippen LogP contribution in [-0.4, -0.2) is 22.3 Å². The lowest BCUT2D eigenvalue weighted by Crippen LogP contribution is -2.07. The molecule has 4 nitrogen and oxygen atoms in total. The van der Waals surface area contributed by atoms with E-state index in [-0.39, 0.29) is 6.42 Å². The zero-order valence-electron chi connectivity index (χ0n) is 7.57. The van der Waals surface area contributed by atoms with Crippen molar-refractivity contribution in [3.8, 4) is 6.07 Å². The minimum atomic E-state index is -0.829. The fourth-order valence-corrected chi connectivity index (χ4v) is 1.05. The molecule has 0 saturated carbocycles. The molecule has 0 aliphatic rings. The maximum absolute atomic E-state index is 10.1. The number of rotatable bonds is 7. The smallest absolute Gasteiger partial charge is 0.303 e. The lowest BCUT2D eigenvalue weighted by Gasteiger charge is -2.07. The van der Waals surface area contributed by atoms with Crippen molar-refractivity contribution in [2.24, 2.45) is 0 Å². The Bertz CT molecular complexity index is 186. The highest BCUT2D eigenvalue weighted by Crippen LogP contribution is 2.07. The van der Waals surface area contributed by atoms with Gasteiger partial charge in [-0.1, -0.05) is 0 Å². The molecule has 13 heavy (non-hydrogen) atoms. The fraction of sp³-hybridized carbons (Fsp3) is 0.778. The van der Waals surface area contributed by atoms with Gasteiger partial charge in [0.05, 0.1) is 12.2 Å². The molecule has 0 aromatic rings. The van der Waals surface area contributed by atoms with Gasteiger partial charge in [-0.15, -0.1) is 0 Å². The highest BCUT2D eigenvalue weighted by atomic mass is 16.4. The molecule has 0 fully saturated rings. The van der Waals surface area contributed by atoms with E-state index in [1.165, 1.54) is 0 Å². The Morgan fingerprint density at radius 2 is 2.00 bits per heavy atom. The summed E-state index contributed by atoms with van der Waals surface area (Å²) in [6.45, 7) is 0. The first-order chi connectivity index (χ1) is 6.16. The number of unbranched alkanes of at least 4 members (excludes halogenated alkanes) is 1. The molecular formula is C9H15NO3. The van der Waals surface area contributed by atoms with Crippen LogP contribution in [0.5, 0.6) is 0 Å². The third-order valence-corrected chi connectivity index (χ3v) is 1.75. The van der Waals surface area contributed by atoms with Crippen LogP contribution < -0.4 is 0 Å². The predicted molar refractivity (Wildman–Crippen MR) is 47.0 cm³/mol. The number of carboxylic acid groups (broad SMARTS) is 1. The van der Waals surface area contributed by atoms with Crippen LogP contribution in [0.1, 0.15) is 38.5 Å². The lowest BCUT2D eigenvalue weighted by atomic mass is 10.1. The van der Waals surface area contributed by atoms with Crippen LogP contribution in [0.3, 0.4) is 0 Å². The zero-order chi connectivity index (χ0) is 10.1. The van der Waals surface area contributed by atoms with Gasteiger partial charge in [-0.05, 0) is 25.7 Å². The van der Waals surface area contributed by atoms with Crippen molar-refractivity contribution < 1.29 is 15.0 Å². The molecule has 0 rings (SSSR count). The van der Waals surface area contributed by atoms with E-state index in [1.807, 2.05) is 6.07 Å². The molecule has 4 heteroatoms. The molecule has 2 N–H and O–H groups in total. The van der Waals surface area contributed by atoms with E-state index in [4.69, 9.17) is 10.4 Å². The van der Waals surface area contributed by atoms with Crippen LogP contribution in [0.2, 0.25) is 0 Å². The third-order valence-electron chi connectivity index (χ3n) is 1.75. The Morgan fingerprint density at radius 1 is 1.38 bits per heavy atom. The standard InChI is InChI=1S/C9H15NO3/c10-7-2-1-4-8(11)5-3-6-9(12)13/h8,11H,1-6H2,(H,12,13). The molecule has 0 amide bonds. The van der Waals surface area contributed by atoms with E-state index in [9.17, 15) is 9.90 Å². The summed E-state index contributed by atoms with van der Waals surface area (Å²) < 4.78 is 0. The molecule has 0 saturated heterocycles. The lowest BCUT2D eigenvalue weighted by molar-refractivity contribution is -0.137. The summed E-state index contributed by atoms with van der Waals surface area (Å²) in [4.78, 5) is 10.1. The van der Waals surface area contributed by atoms with Gasteiger partial charge in [-0.25, -0.2) is 0 Å². The second kappa shape index (κ2) is 7.56. The number of aliphatic hydroxyl groups excluding tert-OH is 1. The number of carbonyl (C=O) groups is 1. The average Bonchev–Trinajstić information content (AvgIpc) is 2.04. The highest BCUT2D eigenvalue weighted by molar-refractivity contribution is 5.66. The Hall–Kier alpha value is -1.08. The van der Waals surface area contributed by atoms with Gasteiger partial charge in [-0.3, -0.25) is 4.79 Å². The number of aliphatic carboxylic acids is 1. The van der Waals surface area contributed by atoms with Gasteiger partial charge in [0, 0.05) is 12.8 Å². The van der Waals surface area contributed by atoms with Crippen LogP contribution in [0.25, 0.3) is 0 Å². The van der Waals surface area contributed by atoms with E-state index in [0.29, 0.717) is 32.1 Å². The van der Waals surface area contributed by atoms with E-state index in [2.05, 4.69) is 0 Å². The molecule has 0 bridgehead atoms. The number of nitrogens with zero attached hydrogens (tertiary/aromatic N) is 1. The third kappa shape index (κ3) is 8.83. The molecular weight excluding hydrogens is 170 g/mol. The molecule has 1 atom stereocenters. The molecule has 0 aromatic heterocycles. The number of hydrogen-bond donors (Lipinski definition) is 2. The van der Waals surface area contributed by atoms with Crippen LogP contribution >= 0.6 is 0 Å². The summed E-state index contributed by atoms with van der Waals surface area (Å²) in [5.41, 5.74) is 0. The minimum absolute atomic E-state index is 0.106. The molecule has 0 aromatic carbocycles. The van der Waals surface area contributed by atoms with Gasteiger partial charge in [-0.2, -0.15) is 5.26 Å². The number of hydrogen-bond acceptors (Lipinski definition) is 3. The van der Waals surface area contributed by atoms with Crippen molar-refractivity contribution >= 4 is 5.97 Å². The van der Waals surface area contributed by atoms with Crippen molar-refractivity contribution in [2.75, 3.05) is 0 Å². The van der Waals surface area contributed by atoms with E-state index in [1.54, 1.807) is 0 Å². The van der Waals surface area contributed by atoms with Gasteiger partial charge in [0.1, 0.15) is 0 Å². The van der Waals surface area contributed by atoms with Crippen LogP contribution in [-0.2, 0) is 4.79 Å². The number of carboxylic acids is 1. The second-order valence-corrected chi connectivity index (χ2v) is 2.99. The molecule has 0 radical (unpaired) electrons. The predicted octanol–water partition coefficient (Wildman–Crippen LogP) is 1.30. The Morgan fingerprint density at radius 3 is 2.54 bits per heavy atom. The molecule has 0 heterocycles. The quantitative estimate of drug-likeness (QED) is 0.585. The first kappa shape index (κ1) is 11.9. The van der Waals surface area contributed by atoms with Crippen molar-refractivity contribution in [1.82, 2.24) is 0 Å². The SMILES string of the molecule is N#CCCCC(O)CCCC(=O)O. The summed E-state index contributed by atoms with van der Waals surface area (Å²) in [6.07, 6.45) is 2.40. The molecule has 0 aliphatic carbocycles. The van der Waals surface area contributed by atoms with Crippen LogP contribution in [0.4, 0.5) is 0 Å². The second-order valence-electron chi connectivity index (χ2n) is 2.99. The van der Waals surface area contributed by atoms with Crippen molar-refractivity contribution in [2.45, 2.75) is 44.6 Å². The number of aliphatic hydroxyl groups is 1. The topological polar surface area (TPSA) is 81.3 Å². The maximum atomic E-state index is 10.1. The number of nitriles is 1. The Kier molecular flexibility index (Phi) is 6.93. The monoisotopic (exact) mass is 185 g/mol. The minimum Gasteiger partial charge on any atom is -0.481 e. The Balaban J connectivity index is 3.25. The van der Waals surface area contributed by atoms with E-state index < -0.39 is 12.1 Å². The summed E-state index contributed by atoms with van der Waals surface area (Å²) in [7, 11) is 0. The first-order valence-electron chi connectivity index (χ1n) is 4.43. The molecule has 0 spiro atoms. The average molecular weight is 185 g/mol. The van der Waals surface area contributed by atoms with Gasteiger partial charge < -0.3 is 10.2 Å². The normalized spacial score (nSPS) is 12.0. The van der Waals surface area contributed by atoms with E-state index in [0.717, 1.165) is 0 Å². The molecule has 1 unspecified atom stereocenters. The summed E-state index contributed by atoms with van der Waals surface area (Å²) in [6, 6.07) is 1.99. The summed E-state index contributed by atoms with van der Waals surface area (Å²) in [5.74, 6) is -0.829. The molecule has 0 aliphatic heterocycles. The maximum Gasteiger partial charge on any atom is 0.303 e. The van der Waals surface area contributed by atoms with Gasteiger partial charge in [0.2, 0.25) is 0 Å². The fourth-order valence-electron chi connectivity index (χ4n) is 1.05. The van der Waals surface area contributed by atoms with Crippen LogP contribution in [0, 0.1) is 11.3 Å². The first-order valence-corrected chi connectivity index (χ1v) is 4.43. The van der Waals surface area contributed by atoms with Gasteiger partial charge >= 0.3 is 5.97 Å². The molecule has 74 valence electrons. The summed E-state index contributed by atoms with van der Waals surface area (Å²) >= 11 is 0. The highest BCUT2D eigenvalue weighted by Gasteiger charge is 2.04. The van der Waals surface area contributed by atoms with Crippen molar-refractivity contribution in [1.29, 1.82) is 5.26 Å². The van der Waals surface area contributed by atoms with Gasteiger partial charge in [0.15, 0.2) is 0 Å². The summed E-state index contributed by atoms with van der Waals surface area (Å²) in [5, 5.41) is 25.8. The zero-order valence-corrected chi connectivity index (χ0v) is 7.57. The van der Waals surface area contributed by atoms with Crippen molar-refractivity contribution in [3.05, 3.63) is 0 Å². The van der Waals surface area contributed by atoms with Gasteiger partial charge in [0.25, 0.3) is 0 Å². The largest absolute Gasteiger partial charge is 0.481 e. The van der Waals surface area contributed by atoms with Crippen LogP contribution in [0.15, 0.2) is 0 Å². The van der Waals surface area contributed by atoms with Crippen molar-refractivity contribution in [3.63, 3.8) is 0 Å².